The summed E-state index contributed by atoms with van der Waals surface area (Å²) >= 11 is 0. The van der Waals surface area contributed by atoms with Gasteiger partial charge in [-0.3, -0.25) is 4.79 Å². The summed E-state index contributed by atoms with van der Waals surface area (Å²) in [5.74, 6) is -0.105. The lowest BCUT2D eigenvalue weighted by atomic mass is 9.95. The standard InChI is InChI=1S/C26H25N3O6/c1-2-33-25(31)23-19(28-26(32)29-24(23)18-11-7-4-8-12-18)16-34-22(30)14-13-21-27-15-20(35-21)17-9-5-3-6-10-17/h3-12,15,24H,2,13-14,16H2,1H3,(H2,28,29,32). The Morgan fingerprint density at radius 2 is 1.74 bits per heavy atom. The van der Waals surface area contributed by atoms with Gasteiger partial charge in [0.05, 0.1) is 36.5 Å². The van der Waals surface area contributed by atoms with Crippen molar-refractivity contribution in [1.82, 2.24) is 15.6 Å². The van der Waals surface area contributed by atoms with E-state index in [1.165, 1.54) is 0 Å². The average molecular weight is 476 g/mol. The van der Waals surface area contributed by atoms with Gasteiger partial charge in [0, 0.05) is 12.0 Å². The smallest absolute Gasteiger partial charge is 0.338 e. The molecule has 1 unspecified atom stereocenters. The van der Waals surface area contributed by atoms with Crippen LogP contribution in [0.3, 0.4) is 0 Å². The molecule has 1 aromatic heterocycles. The lowest BCUT2D eigenvalue weighted by molar-refractivity contribution is -0.143. The first-order valence-corrected chi connectivity index (χ1v) is 11.2. The predicted octanol–water partition coefficient (Wildman–Crippen LogP) is 3.69. The molecule has 9 heteroatoms. The molecule has 0 aliphatic carbocycles. The van der Waals surface area contributed by atoms with Gasteiger partial charge in [-0.05, 0) is 12.5 Å². The van der Waals surface area contributed by atoms with Crippen LogP contribution in [0, 0.1) is 0 Å². The summed E-state index contributed by atoms with van der Waals surface area (Å²) in [6.45, 7) is 1.56. The van der Waals surface area contributed by atoms with Gasteiger partial charge in [-0.25, -0.2) is 14.6 Å². The Bertz CT molecular complexity index is 1220. The second-order valence-electron chi connectivity index (χ2n) is 7.70. The predicted molar refractivity (Wildman–Crippen MR) is 126 cm³/mol. The monoisotopic (exact) mass is 475 g/mol. The zero-order chi connectivity index (χ0) is 24.6. The maximum atomic E-state index is 12.7. The molecule has 1 atom stereocenters. The topological polar surface area (TPSA) is 120 Å². The quantitative estimate of drug-likeness (QED) is 0.453. The molecule has 1 aliphatic heterocycles. The summed E-state index contributed by atoms with van der Waals surface area (Å²) in [6, 6.07) is 17.3. The molecule has 2 amide bonds. The van der Waals surface area contributed by atoms with E-state index in [9.17, 15) is 14.4 Å². The lowest BCUT2D eigenvalue weighted by Crippen LogP contribution is -2.47. The third kappa shape index (κ3) is 5.94. The fraction of sp³-hybridized carbons (Fsp3) is 0.231. The van der Waals surface area contributed by atoms with E-state index in [0.717, 1.165) is 5.56 Å². The van der Waals surface area contributed by atoms with E-state index < -0.39 is 24.0 Å². The molecule has 0 radical (unpaired) electrons. The zero-order valence-electron chi connectivity index (χ0n) is 19.2. The molecule has 2 heterocycles. The maximum absolute atomic E-state index is 12.7. The molecule has 0 bridgehead atoms. The Morgan fingerprint density at radius 1 is 1.03 bits per heavy atom. The van der Waals surface area contributed by atoms with E-state index in [1.54, 1.807) is 37.4 Å². The number of aryl methyl sites for hydroxylation is 1. The number of amides is 2. The highest BCUT2D eigenvalue weighted by Gasteiger charge is 2.34. The first-order chi connectivity index (χ1) is 17.0. The molecule has 3 aromatic rings. The van der Waals surface area contributed by atoms with E-state index in [1.807, 2.05) is 36.4 Å². The lowest BCUT2D eigenvalue weighted by Gasteiger charge is -2.29. The normalized spacial score (nSPS) is 15.2. The summed E-state index contributed by atoms with van der Waals surface area (Å²) in [6.07, 6.45) is 1.88. The van der Waals surface area contributed by atoms with Crippen LogP contribution in [-0.2, 0) is 25.5 Å². The molecular formula is C26H25N3O6. The number of rotatable bonds is 9. The van der Waals surface area contributed by atoms with Crippen molar-refractivity contribution in [2.24, 2.45) is 0 Å². The van der Waals surface area contributed by atoms with Crippen LogP contribution in [0.2, 0.25) is 0 Å². The Labute approximate surface area is 202 Å². The third-order valence-corrected chi connectivity index (χ3v) is 5.31. The molecule has 35 heavy (non-hydrogen) atoms. The van der Waals surface area contributed by atoms with Gasteiger partial charge < -0.3 is 24.5 Å². The van der Waals surface area contributed by atoms with Gasteiger partial charge in [0.1, 0.15) is 6.61 Å². The van der Waals surface area contributed by atoms with Crippen molar-refractivity contribution < 1.29 is 28.3 Å². The summed E-state index contributed by atoms with van der Waals surface area (Å²) < 4.78 is 16.3. The molecule has 0 spiro atoms. The van der Waals surface area contributed by atoms with Gasteiger partial charge in [-0.1, -0.05) is 60.7 Å². The largest absolute Gasteiger partial charge is 0.463 e. The SMILES string of the molecule is CCOC(=O)C1=C(COC(=O)CCc2ncc(-c3ccccc3)o2)NC(=O)NC1c1ccccc1. The van der Waals surface area contributed by atoms with Crippen molar-refractivity contribution in [3.63, 3.8) is 0 Å². The molecular weight excluding hydrogens is 450 g/mol. The number of urea groups is 1. The maximum Gasteiger partial charge on any atom is 0.338 e. The van der Waals surface area contributed by atoms with Crippen LogP contribution < -0.4 is 10.6 Å². The fourth-order valence-corrected chi connectivity index (χ4v) is 3.67. The van der Waals surface area contributed by atoms with Crippen LogP contribution in [0.4, 0.5) is 4.79 Å². The van der Waals surface area contributed by atoms with Crippen LogP contribution in [0.25, 0.3) is 11.3 Å². The van der Waals surface area contributed by atoms with Crippen molar-refractivity contribution >= 4 is 18.0 Å². The Morgan fingerprint density at radius 3 is 2.46 bits per heavy atom. The molecule has 9 nitrogen and oxygen atoms in total. The Kier molecular flexibility index (Phi) is 7.57. The minimum Gasteiger partial charge on any atom is -0.463 e. The number of benzene rings is 2. The van der Waals surface area contributed by atoms with Gasteiger partial charge in [0.15, 0.2) is 11.7 Å². The summed E-state index contributed by atoms with van der Waals surface area (Å²) in [5, 5.41) is 5.31. The minimum atomic E-state index is -0.735. The van der Waals surface area contributed by atoms with Crippen LogP contribution in [0.15, 0.2) is 82.5 Å². The zero-order valence-corrected chi connectivity index (χ0v) is 19.2. The van der Waals surface area contributed by atoms with Gasteiger partial charge >= 0.3 is 18.0 Å². The van der Waals surface area contributed by atoms with E-state index >= 15 is 0 Å². The second kappa shape index (κ2) is 11.1. The summed E-state index contributed by atoms with van der Waals surface area (Å²) in [4.78, 5) is 41.7. The summed E-state index contributed by atoms with van der Waals surface area (Å²) in [5.41, 5.74) is 1.96. The highest BCUT2D eigenvalue weighted by Crippen LogP contribution is 2.28. The van der Waals surface area contributed by atoms with Crippen molar-refractivity contribution in [1.29, 1.82) is 0 Å². The number of aromatic nitrogens is 1. The van der Waals surface area contributed by atoms with Crippen molar-refractivity contribution in [3.8, 4) is 11.3 Å². The minimum absolute atomic E-state index is 0.0189. The van der Waals surface area contributed by atoms with Crippen molar-refractivity contribution in [2.75, 3.05) is 13.2 Å². The first kappa shape index (κ1) is 23.7. The van der Waals surface area contributed by atoms with Crippen LogP contribution >= 0.6 is 0 Å². The van der Waals surface area contributed by atoms with Gasteiger partial charge in [-0.15, -0.1) is 0 Å². The molecule has 180 valence electrons. The van der Waals surface area contributed by atoms with Crippen LogP contribution in [0.1, 0.15) is 30.8 Å². The number of hydrogen-bond acceptors (Lipinski definition) is 7. The molecule has 0 saturated carbocycles. The number of nitrogens with one attached hydrogen (secondary N) is 2. The van der Waals surface area contributed by atoms with Crippen molar-refractivity contribution in [2.45, 2.75) is 25.8 Å². The van der Waals surface area contributed by atoms with E-state index in [4.69, 9.17) is 13.9 Å². The highest BCUT2D eigenvalue weighted by atomic mass is 16.5. The Balaban J connectivity index is 1.43. The van der Waals surface area contributed by atoms with Crippen LogP contribution in [-0.4, -0.2) is 36.2 Å². The second-order valence-corrected chi connectivity index (χ2v) is 7.70. The average Bonchev–Trinajstić information content (AvgIpc) is 3.36. The van der Waals surface area contributed by atoms with Gasteiger partial charge in [0.2, 0.25) is 0 Å². The number of nitrogens with zero attached hydrogens (tertiary/aromatic N) is 1. The molecule has 2 aromatic carbocycles. The first-order valence-electron chi connectivity index (χ1n) is 11.2. The van der Waals surface area contributed by atoms with E-state index in [2.05, 4.69) is 15.6 Å². The molecule has 2 N–H and O–H groups in total. The number of ether oxygens (including phenoxy) is 2. The number of oxazole rings is 1. The molecule has 0 fully saturated rings. The number of esters is 2. The Hall–Kier alpha value is -4.40. The third-order valence-electron chi connectivity index (χ3n) is 5.31. The van der Waals surface area contributed by atoms with E-state index in [-0.39, 0.29) is 37.3 Å². The van der Waals surface area contributed by atoms with E-state index in [0.29, 0.717) is 17.2 Å². The number of carbonyl (C=O) groups excluding carboxylic acids is 3. The number of carbonyl (C=O) groups is 3. The van der Waals surface area contributed by atoms with Crippen LogP contribution in [0.5, 0.6) is 0 Å². The number of hydrogen-bond donors (Lipinski definition) is 2. The molecule has 1 aliphatic rings. The van der Waals surface area contributed by atoms with Gasteiger partial charge in [-0.2, -0.15) is 0 Å². The fourth-order valence-electron chi connectivity index (χ4n) is 3.67. The highest BCUT2D eigenvalue weighted by molar-refractivity contribution is 5.95. The summed E-state index contributed by atoms with van der Waals surface area (Å²) in [7, 11) is 0. The van der Waals surface area contributed by atoms with Gasteiger partial charge in [0.25, 0.3) is 0 Å². The van der Waals surface area contributed by atoms with Crippen molar-refractivity contribution in [3.05, 3.63) is 89.6 Å². The molecule has 0 saturated heterocycles. The molecule has 4 rings (SSSR count).